The minimum atomic E-state index is -0.287. The van der Waals surface area contributed by atoms with Crippen molar-refractivity contribution in [3.63, 3.8) is 0 Å². The van der Waals surface area contributed by atoms with Crippen LogP contribution >= 0.6 is 0 Å². The van der Waals surface area contributed by atoms with Crippen LogP contribution in [0.3, 0.4) is 0 Å². The molecule has 1 fully saturated rings. The van der Waals surface area contributed by atoms with E-state index in [1.54, 1.807) is 18.3 Å². The second-order valence-corrected chi connectivity index (χ2v) is 6.08. The summed E-state index contributed by atoms with van der Waals surface area (Å²) in [5.41, 5.74) is 0.912. The molecule has 2 unspecified atom stereocenters. The molecule has 0 spiro atoms. The number of fused-ring (bicyclic) bond motifs is 1. The third-order valence-electron chi connectivity index (χ3n) is 4.24. The third kappa shape index (κ3) is 3.12. The number of hydrogen-bond acceptors (Lipinski definition) is 6. The van der Waals surface area contributed by atoms with Gasteiger partial charge in [0, 0.05) is 6.54 Å². The molecule has 0 bridgehead atoms. The summed E-state index contributed by atoms with van der Waals surface area (Å²) >= 11 is 0. The van der Waals surface area contributed by atoms with E-state index in [2.05, 4.69) is 15.3 Å². The number of ether oxygens (including phenoxy) is 2. The van der Waals surface area contributed by atoms with Crippen LogP contribution in [-0.4, -0.2) is 41.7 Å². The summed E-state index contributed by atoms with van der Waals surface area (Å²) in [5.74, 6) is 0.739. The molecule has 4 rings (SSSR count). The summed E-state index contributed by atoms with van der Waals surface area (Å²) < 4.78 is 24.3. The Morgan fingerprint density at radius 2 is 2.12 bits per heavy atom. The highest BCUT2D eigenvalue weighted by Gasteiger charge is 2.31. The average molecular weight is 344 g/mol. The Labute approximate surface area is 143 Å². The Kier molecular flexibility index (Phi) is 3.96. The maximum absolute atomic E-state index is 13.2. The highest BCUT2D eigenvalue weighted by molar-refractivity contribution is 5.94. The Bertz CT molecular complexity index is 799. The van der Waals surface area contributed by atoms with Crippen LogP contribution in [-0.2, 0) is 9.53 Å². The summed E-state index contributed by atoms with van der Waals surface area (Å²) in [4.78, 5) is 22.3. The number of carbonyl (C=O) groups is 1. The van der Waals surface area contributed by atoms with Crippen molar-refractivity contribution in [3.8, 4) is 5.75 Å². The molecule has 1 amide bonds. The number of anilines is 2. The predicted molar refractivity (Wildman–Crippen MR) is 88.1 cm³/mol. The van der Waals surface area contributed by atoms with Crippen molar-refractivity contribution in [2.75, 3.05) is 30.0 Å². The molecular formula is C17H17FN4O3. The minimum Gasteiger partial charge on any atom is -0.478 e. The van der Waals surface area contributed by atoms with E-state index in [-0.39, 0.29) is 30.5 Å². The van der Waals surface area contributed by atoms with E-state index < -0.39 is 0 Å². The number of hydrogen-bond donors (Lipinski definition) is 1. The molecule has 2 aliphatic heterocycles. The van der Waals surface area contributed by atoms with Crippen molar-refractivity contribution in [2.45, 2.75) is 19.1 Å². The standard InChI is InChI=1S/C17H17FN4O3/c1-10-7-22(13(8-24-10)11-2-4-12(18)5-3-11)17-19-6-14-16(21-17)20-15(23)9-25-14/h2-6,10,13H,7-9H2,1H3,(H,19,20,21,23). The summed E-state index contributed by atoms with van der Waals surface area (Å²) in [7, 11) is 0. The van der Waals surface area contributed by atoms with Gasteiger partial charge in [0.15, 0.2) is 18.2 Å². The molecule has 2 aliphatic rings. The van der Waals surface area contributed by atoms with Crippen molar-refractivity contribution >= 4 is 17.7 Å². The molecule has 7 nitrogen and oxygen atoms in total. The highest BCUT2D eigenvalue weighted by Crippen LogP contribution is 2.32. The molecule has 0 saturated carbocycles. The first-order valence-electron chi connectivity index (χ1n) is 8.03. The number of nitrogens with zero attached hydrogens (tertiary/aromatic N) is 3. The van der Waals surface area contributed by atoms with Gasteiger partial charge < -0.3 is 19.7 Å². The third-order valence-corrected chi connectivity index (χ3v) is 4.24. The lowest BCUT2D eigenvalue weighted by atomic mass is 10.0. The molecule has 2 atom stereocenters. The first-order valence-corrected chi connectivity index (χ1v) is 8.03. The number of carbonyl (C=O) groups excluding carboxylic acids is 1. The van der Waals surface area contributed by atoms with Gasteiger partial charge in [0.05, 0.1) is 24.9 Å². The van der Waals surface area contributed by atoms with Gasteiger partial charge in [-0.25, -0.2) is 9.37 Å². The van der Waals surface area contributed by atoms with Gasteiger partial charge >= 0.3 is 0 Å². The lowest BCUT2D eigenvalue weighted by Crippen LogP contribution is -2.44. The van der Waals surface area contributed by atoms with Gasteiger partial charge in [-0.2, -0.15) is 4.98 Å². The Hall–Kier alpha value is -2.74. The summed E-state index contributed by atoms with van der Waals surface area (Å²) in [6.45, 7) is 2.95. The van der Waals surface area contributed by atoms with E-state index in [0.717, 1.165) is 5.56 Å². The molecule has 1 aromatic heterocycles. The van der Waals surface area contributed by atoms with Gasteiger partial charge in [0.2, 0.25) is 5.95 Å². The fourth-order valence-electron chi connectivity index (χ4n) is 2.99. The van der Waals surface area contributed by atoms with Crippen molar-refractivity contribution in [3.05, 3.63) is 41.8 Å². The number of benzene rings is 1. The number of rotatable bonds is 2. The molecule has 3 heterocycles. The van der Waals surface area contributed by atoms with Crippen LogP contribution in [0.15, 0.2) is 30.5 Å². The van der Waals surface area contributed by atoms with E-state index in [9.17, 15) is 9.18 Å². The molecule has 1 N–H and O–H groups in total. The van der Waals surface area contributed by atoms with Crippen LogP contribution in [0.4, 0.5) is 16.2 Å². The van der Waals surface area contributed by atoms with E-state index in [0.29, 0.717) is 30.7 Å². The summed E-state index contributed by atoms with van der Waals surface area (Å²) in [5, 5.41) is 2.69. The smallest absolute Gasteiger partial charge is 0.263 e. The molecule has 130 valence electrons. The fourth-order valence-corrected chi connectivity index (χ4v) is 2.99. The number of nitrogens with one attached hydrogen (secondary N) is 1. The molecular weight excluding hydrogens is 327 g/mol. The van der Waals surface area contributed by atoms with E-state index in [4.69, 9.17) is 9.47 Å². The van der Waals surface area contributed by atoms with Crippen molar-refractivity contribution in [1.82, 2.24) is 9.97 Å². The zero-order chi connectivity index (χ0) is 17.4. The second-order valence-electron chi connectivity index (χ2n) is 6.08. The minimum absolute atomic E-state index is 0.00201. The lowest BCUT2D eigenvalue weighted by Gasteiger charge is -2.39. The fraction of sp³-hybridized carbons (Fsp3) is 0.353. The average Bonchev–Trinajstić information content (AvgIpc) is 2.62. The summed E-state index contributed by atoms with van der Waals surface area (Å²) in [6.07, 6.45) is 1.56. The molecule has 1 aromatic carbocycles. The van der Waals surface area contributed by atoms with Gasteiger partial charge in [-0.15, -0.1) is 0 Å². The monoisotopic (exact) mass is 344 g/mol. The predicted octanol–water partition coefficient (Wildman–Crippen LogP) is 1.91. The normalized spacial score (nSPS) is 22.8. The first-order chi connectivity index (χ1) is 12.1. The number of aromatic nitrogens is 2. The molecule has 2 aromatic rings. The van der Waals surface area contributed by atoms with Gasteiger partial charge in [-0.1, -0.05) is 12.1 Å². The number of morpholine rings is 1. The Balaban J connectivity index is 1.68. The topological polar surface area (TPSA) is 76.6 Å². The van der Waals surface area contributed by atoms with E-state index in [1.165, 1.54) is 12.1 Å². The van der Waals surface area contributed by atoms with Crippen molar-refractivity contribution in [1.29, 1.82) is 0 Å². The highest BCUT2D eigenvalue weighted by atomic mass is 19.1. The van der Waals surface area contributed by atoms with Crippen molar-refractivity contribution < 1.29 is 18.7 Å². The zero-order valence-electron chi connectivity index (χ0n) is 13.6. The molecule has 0 radical (unpaired) electrons. The van der Waals surface area contributed by atoms with Crippen LogP contribution < -0.4 is 15.0 Å². The zero-order valence-corrected chi connectivity index (χ0v) is 13.6. The van der Waals surface area contributed by atoms with Crippen LogP contribution in [0.2, 0.25) is 0 Å². The first kappa shape index (κ1) is 15.8. The molecule has 25 heavy (non-hydrogen) atoms. The Morgan fingerprint density at radius 1 is 1.32 bits per heavy atom. The largest absolute Gasteiger partial charge is 0.478 e. The van der Waals surface area contributed by atoms with E-state index >= 15 is 0 Å². The number of amides is 1. The van der Waals surface area contributed by atoms with Gasteiger partial charge in [-0.05, 0) is 24.6 Å². The maximum Gasteiger partial charge on any atom is 0.263 e. The lowest BCUT2D eigenvalue weighted by molar-refractivity contribution is -0.118. The van der Waals surface area contributed by atoms with Crippen LogP contribution in [0.25, 0.3) is 0 Å². The molecule has 1 saturated heterocycles. The van der Waals surface area contributed by atoms with Crippen LogP contribution in [0, 0.1) is 5.82 Å². The summed E-state index contributed by atoms with van der Waals surface area (Å²) in [6, 6.07) is 6.17. The SMILES string of the molecule is CC1CN(c2ncc3c(n2)NC(=O)CO3)C(c2ccc(F)cc2)CO1. The quantitative estimate of drug-likeness (QED) is 0.897. The second kappa shape index (κ2) is 6.29. The molecule has 0 aliphatic carbocycles. The maximum atomic E-state index is 13.2. The molecule has 8 heteroatoms. The Morgan fingerprint density at radius 3 is 2.92 bits per heavy atom. The van der Waals surface area contributed by atoms with Gasteiger partial charge in [-0.3, -0.25) is 4.79 Å². The van der Waals surface area contributed by atoms with Crippen LogP contribution in [0.5, 0.6) is 5.75 Å². The number of halogens is 1. The van der Waals surface area contributed by atoms with Crippen LogP contribution in [0.1, 0.15) is 18.5 Å². The van der Waals surface area contributed by atoms with Gasteiger partial charge in [0.1, 0.15) is 5.82 Å². The van der Waals surface area contributed by atoms with E-state index in [1.807, 2.05) is 11.8 Å². The van der Waals surface area contributed by atoms with Gasteiger partial charge in [0.25, 0.3) is 5.91 Å². The van der Waals surface area contributed by atoms with Crippen molar-refractivity contribution in [2.24, 2.45) is 0 Å².